The molecule has 0 aliphatic rings. The summed E-state index contributed by atoms with van der Waals surface area (Å²) in [6, 6.07) is 27.8. The standard InChI is InChI=1S/C40H47N7O5/c1-27(2)37(46-39(50)47(3)25-36-43-32-18-10-11-19-33(32)44-36)38(49)45-34(22-29-15-8-5-9-16-29)35(48)23-31(21-28-13-6-4-7-14-28)42-40(51)52-26-30-17-12-20-41-24-30/h4-20,24,27,31,34-35,37,48H,21-23,25-26H2,1-3H3,(H,42,51)(H,43,44)(H,45,49)(H,46,50)/t31-,34-,35-,37-/m0/s1. The number of aromatic amines is 1. The Hall–Kier alpha value is -5.75. The molecule has 3 aromatic carbocycles. The van der Waals surface area contributed by atoms with E-state index in [2.05, 4.69) is 30.9 Å². The van der Waals surface area contributed by atoms with Gasteiger partial charge in [-0.25, -0.2) is 14.6 Å². The van der Waals surface area contributed by atoms with Crippen molar-refractivity contribution in [1.82, 2.24) is 35.8 Å². The van der Waals surface area contributed by atoms with E-state index >= 15 is 0 Å². The van der Waals surface area contributed by atoms with Crippen LogP contribution in [0.4, 0.5) is 9.59 Å². The highest BCUT2D eigenvalue weighted by Crippen LogP contribution is 2.16. The number of amides is 4. The first kappa shape index (κ1) is 37.5. The number of aromatic nitrogens is 3. The first-order valence-corrected chi connectivity index (χ1v) is 17.5. The number of carbonyl (C=O) groups is 3. The van der Waals surface area contributed by atoms with Crippen molar-refractivity contribution in [3.63, 3.8) is 0 Å². The van der Waals surface area contributed by atoms with Crippen LogP contribution in [0.2, 0.25) is 0 Å². The normalized spacial score (nSPS) is 13.5. The highest BCUT2D eigenvalue weighted by atomic mass is 16.5. The zero-order valence-electron chi connectivity index (χ0n) is 29.7. The van der Waals surface area contributed by atoms with Gasteiger partial charge in [0.05, 0.1) is 29.7 Å². The van der Waals surface area contributed by atoms with E-state index in [9.17, 15) is 19.5 Å². The van der Waals surface area contributed by atoms with Crippen LogP contribution >= 0.6 is 0 Å². The molecule has 5 rings (SSSR count). The molecule has 5 aromatic rings. The van der Waals surface area contributed by atoms with E-state index in [0.717, 1.165) is 27.7 Å². The summed E-state index contributed by atoms with van der Waals surface area (Å²) in [5.74, 6) is -0.0702. The minimum absolute atomic E-state index is 0.0444. The van der Waals surface area contributed by atoms with Crippen molar-refractivity contribution >= 4 is 29.1 Å². The molecule has 2 aromatic heterocycles. The Morgan fingerprint density at radius 3 is 2.13 bits per heavy atom. The van der Waals surface area contributed by atoms with Crippen LogP contribution in [0.1, 0.15) is 42.8 Å². The van der Waals surface area contributed by atoms with Crippen LogP contribution in [0, 0.1) is 5.92 Å². The van der Waals surface area contributed by atoms with Crippen molar-refractivity contribution in [2.24, 2.45) is 5.92 Å². The van der Waals surface area contributed by atoms with Crippen LogP contribution in [-0.2, 0) is 35.5 Å². The second-order valence-electron chi connectivity index (χ2n) is 13.3. The number of pyridine rings is 1. The van der Waals surface area contributed by atoms with Gasteiger partial charge in [0.2, 0.25) is 5.91 Å². The molecule has 0 radical (unpaired) electrons. The summed E-state index contributed by atoms with van der Waals surface area (Å²) >= 11 is 0. The van der Waals surface area contributed by atoms with Gasteiger partial charge in [-0.2, -0.15) is 0 Å². The van der Waals surface area contributed by atoms with Gasteiger partial charge in [-0.1, -0.05) is 92.7 Å². The Morgan fingerprint density at radius 1 is 0.827 bits per heavy atom. The van der Waals surface area contributed by atoms with Gasteiger partial charge in [0.1, 0.15) is 18.5 Å². The SMILES string of the molecule is CC(C)[C@H](NC(=O)N(C)Cc1nc2ccccc2[nH]1)C(=O)N[C@@H](Cc1ccccc1)[C@@H](O)C[C@H](Cc1ccccc1)NC(=O)OCc1cccnc1. The molecular formula is C40H47N7O5. The zero-order valence-corrected chi connectivity index (χ0v) is 29.7. The molecule has 5 N–H and O–H groups in total. The first-order valence-electron chi connectivity index (χ1n) is 17.5. The van der Waals surface area contributed by atoms with Crippen molar-refractivity contribution in [3.8, 4) is 0 Å². The number of ether oxygens (including phenoxy) is 1. The van der Waals surface area contributed by atoms with Gasteiger partial charge in [-0.3, -0.25) is 9.78 Å². The van der Waals surface area contributed by atoms with Crippen LogP contribution in [0.3, 0.4) is 0 Å². The molecular weight excluding hydrogens is 658 g/mol. The quantitative estimate of drug-likeness (QED) is 0.0950. The highest BCUT2D eigenvalue weighted by Gasteiger charge is 2.31. The number of rotatable bonds is 16. The van der Waals surface area contributed by atoms with Gasteiger partial charge in [-0.05, 0) is 54.5 Å². The van der Waals surface area contributed by atoms with Crippen molar-refractivity contribution < 1.29 is 24.2 Å². The molecule has 4 amide bonds. The molecule has 0 unspecified atom stereocenters. The Bertz CT molecular complexity index is 1840. The number of para-hydroxylation sites is 2. The molecule has 12 heteroatoms. The van der Waals surface area contributed by atoms with Crippen LogP contribution in [0.5, 0.6) is 0 Å². The molecule has 0 aliphatic carbocycles. The topological polar surface area (TPSA) is 162 Å². The third kappa shape index (κ3) is 11.1. The number of carbonyl (C=O) groups excluding carboxylic acids is 3. The summed E-state index contributed by atoms with van der Waals surface area (Å²) in [6.45, 7) is 3.96. The molecule has 2 heterocycles. The molecule has 12 nitrogen and oxygen atoms in total. The Morgan fingerprint density at radius 2 is 1.48 bits per heavy atom. The van der Waals surface area contributed by atoms with E-state index in [-0.39, 0.29) is 25.5 Å². The van der Waals surface area contributed by atoms with Crippen molar-refractivity contribution in [2.45, 2.75) is 70.5 Å². The van der Waals surface area contributed by atoms with E-state index in [1.165, 1.54) is 4.90 Å². The van der Waals surface area contributed by atoms with Crippen LogP contribution < -0.4 is 16.0 Å². The van der Waals surface area contributed by atoms with E-state index in [1.54, 1.807) is 25.5 Å². The lowest BCUT2D eigenvalue weighted by atomic mass is 9.93. The summed E-state index contributed by atoms with van der Waals surface area (Å²) < 4.78 is 5.47. The number of aliphatic hydroxyl groups excluding tert-OH is 1. The lowest BCUT2D eigenvalue weighted by Gasteiger charge is -2.31. The van der Waals surface area contributed by atoms with Crippen LogP contribution in [0.15, 0.2) is 109 Å². The number of aliphatic hydroxyl groups is 1. The van der Waals surface area contributed by atoms with Crippen molar-refractivity contribution in [3.05, 3.63) is 132 Å². The number of imidazole rings is 1. The van der Waals surface area contributed by atoms with Crippen molar-refractivity contribution in [2.75, 3.05) is 7.05 Å². The number of nitrogens with one attached hydrogen (secondary N) is 4. The van der Waals surface area contributed by atoms with Crippen molar-refractivity contribution in [1.29, 1.82) is 0 Å². The predicted molar refractivity (Wildman–Crippen MR) is 199 cm³/mol. The van der Waals surface area contributed by atoms with E-state index in [4.69, 9.17) is 4.74 Å². The number of fused-ring (bicyclic) bond motifs is 1. The number of nitrogens with zero attached hydrogens (tertiary/aromatic N) is 3. The number of alkyl carbamates (subject to hydrolysis) is 1. The third-order valence-electron chi connectivity index (χ3n) is 8.76. The number of hydrogen-bond donors (Lipinski definition) is 5. The summed E-state index contributed by atoms with van der Waals surface area (Å²) in [5, 5.41) is 20.6. The third-order valence-corrected chi connectivity index (χ3v) is 8.76. The van der Waals surface area contributed by atoms with Gasteiger partial charge in [0, 0.05) is 31.0 Å². The number of hydrogen-bond acceptors (Lipinski definition) is 7. The Balaban J connectivity index is 1.28. The predicted octanol–water partition coefficient (Wildman–Crippen LogP) is 5.14. The number of H-pyrrole nitrogens is 1. The highest BCUT2D eigenvalue weighted by molar-refractivity contribution is 5.87. The average molecular weight is 706 g/mol. The maximum atomic E-state index is 13.9. The molecule has 0 saturated heterocycles. The zero-order chi connectivity index (χ0) is 36.9. The fraction of sp³-hybridized carbons (Fsp3) is 0.325. The molecule has 52 heavy (non-hydrogen) atoms. The fourth-order valence-electron chi connectivity index (χ4n) is 5.97. The summed E-state index contributed by atoms with van der Waals surface area (Å²) in [6.07, 6.45) is 2.43. The molecule has 0 saturated carbocycles. The van der Waals surface area contributed by atoms with Gasteiger partial charge in [0.15, 0.2) is 0 Å². The second kappa shape index (κ2) is 18.5. The van der Waals surface area contributed by atoms with Crippen LogP contribution in [0.25, 0.3) is 11.0 Å². The molecule has 0 spiro atoms. The minimum atomic E-state index is -1.07. The van der Waals surface area contributed by atoms with Gasteiger partial charge < -0.3 is 35.7 Å². The Kier molecular flexibility index (Phi) is 13.3. The average Bonchev–Trinajstić information content (AvgIpc) is 3.56. The lowest BCUT2D eigenvalue weighted by Crippen LogP contribution is -2.57. The van der Waals surface area contributed by atoms with Gasteiger partial charge >= 0.3 is 12.1 Å². The van der Waals surface area contributed by atoms with Gasteiger partial charge in [-0.15, -0.1) is 0 Å². The molecule has 0 fully saturated rings. The molecule has 4 atom stereocenters. The largest absolute Gasteiger partial charge is 0.445 e. The summed E-state index contributed by atoms with van der Waals surface area (Å²) in [4.78, 5) is 53.5. The second-order valence-corrected chi connectivity index (χ2v) is 13.3. The fourth-order valence-corrected chi connectivity index (χ4v) is 5.97. The summed E-state index contributed by atoms with van der Waals surface area (Å²) in [7, 11) is 1.64. The minimum Gasteiger partial charge on any atom is -0.445 e. The first-order chi connectivity index (χ1) is 25.1. The van der Waals surface area contributed by atoms with Crippen LogP contribution in [-0.4, -0.2) is 74.3 Å². The molecule has 0 bridgehead atoms. The maximum Gasteiger partial charge on any atom is 0.407 e. The molecule has 0 aliphatic heterocycles. The number of benzene rings is 3. The van der Waals surface area contributed by atoms with E-state index in [0.29, 0.717) is 18.7 Å². The maximum absolute atomic E-state index is 13.9. The lowest BCUT2D eigenvalue weighted by molar-refractivity contribution is -0.125. The molecule has 272 valence electrons. The number of urea groups is 1. The monoisotopic (exact) mass is 705 g/mol. The summed E-state index contributed by atoms with van der Waals surface area (Å²) in [5.41, 5.74) is 4.29. The van der Waals surface area contributed by atoms with Gasteiger partial charge in [0.25, 0.3) is 0 Å². The van der Waals surface area contributed by atoms with E-state index in [1.807, 2.05) is 105 Å². The van der Waals surface area contributed by atoms with E-state index < -0.39 is 42.3 Å². The Labute approximate surface area is 304 Å². The smallest absolute Gasteiger partial charge is 0.407 e.